The molecule has 0 saturated heterocycles. The lowest BCUT2D eigenvalue weighted by molar-refractivity contribution is -0.139. The molecule has 8 nitrogen and oxygen atoms in total. The minimum atomic E-state index is -1.03. The Labute approximate surface area is 225 Å². The molecule has 0 fully saturated rings. The first-order chi connectivity index (χ1) is 18.3. The molecule has 0 spiro atoms. The zero-order valence-electron chi connectivity index (χ0n) is 20.3. The fourth-order valence-electron chi connectivity index (χ4n) is 4.27. The second-order valence-corrected chi connectivity index (χ2v) is 9.89. The Morgan fingerprint density at radius 1 is 1.18 bits per heavy atom. The number of carboxylic acids is 1. The predicted octanol–water partition coefficient (Wildman–Crippen LogP) is 4.41. The van der Waals surface area contributed by atoms with Crippen LogP contribution in [0.2, 0.25) is 5.02 Å². The summed E-state index contributed by atoms with van der Waals surface area (Å²) in [5.41, 5.74) is 1.85. The number of nitrogens with zero attached hydrogens (tertiary/aromatic N) is 2. The van der Waals surface area contributed by atoms with Crippen LogP contribution in [-0.4, -0.2) is 28.2 Å². The lowest BCUT2D eigenvalue weighted by Gasteiger charge is -2.24. The van der Waals surface area contributed by atoms with E-state index in [9.17, 15) is 19.5 Å². The van der Waals surface area contributed by atoms with Gasteiger partial charge in [0.2, 0.25) is 0 Å². The number of esters is 1. The highest BCUT2D eigenvalue weighted by Crippen LogP contribution is 2.31. The summed E-state index contributed by atoms with van der Waals surface area (Å²) in [5, 5.41) is 9.80. The fraction of sp³-hybridized carbons (Fsp3) is 0.143. The van der Waals surface area contributed by atoms with Crippen LogP contribution in [0.3, 0.4) is 0 Å². The first kappa shape index (κ1) is 25.4. The molecule has 0 unspecified atom stereocenters. The number of hydrogen-bond donors (Lipinski definition) is 1. The van der Waals surface area contributed by atoms with Crippen molar-refractivity contribution >= 4 is 41.0 Å². The van der Waals surface area contributed by atoms with E-state index in [2.05, 4.69) is 4.99 Å². The number of allylic oxidation sites excluding steroid dienone is 1. The van der Waals surface area contributed by atoms with Crippen molar-refractivity contribution in [1.82, 2.24) is 4.57 Å². The summed E-state index contributed by atoms with van der Waals surface area (Å²) in [6.45, 7) is 3.62. The van der Waals surface area contributed by atoms with Gasteiger partial charge >= 0.3 is 11.9 Å². The third-order valence-corrected chi connectivity index (χ3v) is 7.23. The number of benzene rings is 2. The van der Waals surface area contributed by atoms with Crippen LogP contribution in [0, 0.1) is 0 Å². The van der Waals surface area contributed by atoms with Gasteiger partial charge in [-0.2, -0.15) is 0 Å². The normalized spacial score (nSPS) is 15.2. The van der Waals surface area contributed by atoms with E-state index >= 15 is 0 Å². The molecule has 0 aliphatic carbocycles. The number of hydrogen-bond acceptors (Lipinski definition) is 7. The number of aromatic carboxylic acids is 1. The minimum Gasteiger partial charge on any atom is -0.478 e. The zero-order valence-corrected chi connectivity index (χ0v) is 21.9. The van der Waals surface area contributed by atoms with Crippen LogP contribution < -0.4 is 14.9 Å². The smallest absolute Gasteiger partial charge is 0.338 e. The van der Waals surface area contributed by atoms with Gasteiger partial charge < -0.3 is 14.3 Å². The predicted molar refractivity (Wildman–Crippen MR) is 143 cm³/mol. The average Bonchev–Trinajstić information content (AvgIpc) is 3.48. The molecule has 0 radical (unpaired) electrons. The van der Waals surface area contributed by atoms with Gasteiger partial charge in [0.1, 0.15) is 11.5 Å². The Balaban J connectivity index is 1.61. The molecule has 0 saturated carbocycles. The molecule has 192 valence electrons. The van der Waals surface area contributed by atoms with Crippen molar-refractivity contribution < 1.29 is 23.8 Å². The van der Waals surface area contributed by atoms with Gasteiger partial charge in [0.25, 0.3) is 5.56 Å². The van der Waals surface area contributed by atoms with Crippen LogP contribution in [0.1, 0.15) is 41.6 Å². The van der Waals surface area contributed by atoms with Crippen molar-refractivity contribution in [3.8, 4) is 11.3 Å². The van der Waals surface area contributed by atoms with E-state index in [1.54, 1.807) is 68.5 Å². The quantitative estimate of drug-likeness (QED) is 0.357. The lowest BCUT2D eigenvalue weighted by atomic mass is 9.96. The summed E-state index contributed by atoms with van der Waals surface area (Å²) in [4.78, 5) is 42.9. The van der Waals surface area contributed by atoms with Crippen molar-refractivity contribution in [2.24, 2.45) is 4.99 Å². The molecule has 1 N–H and O–H groups in total. The molecule has 1 aliphatic heterocycles. The Morgan fingerprint density at radius 3 is 2.66 bits per heavy atom. The van der Waals surface area contributed by atoms with Crippen LogP contribution in [0.25, 0.3) is 17.4 Å². The Morgan fingerprint density at radius 2 is 1.95 bits per heavy atom. The van der Waals surface area contributed by atoms with E-state index < -0.39 is 18.0 Å². The topological polar surface area (TPSA) is 111 Å². The highest BCUT2D eigenvalue weighted by molar-refractivity contribution is 7.07. The SMILES string of the molecule is CCOC(=O)C1=C(C)N=c2s/c(=C/c3ccc(-c4cccc(C(=O)O)c4)o3)c(=O)n2[C@H]1c1ccc(Cl)cc1. The van der Waals surface area contributed by atoms with E-state index in [4.69, 9.17) is 20.8 Å². The molecule has 10 heteroatoms. The van der Waals surface area contributed by atoms with Gasteiger partial charge in [0.05, 0.1) is 34.0 Å². The molecular formula is C28H21ClN2O6S. The number of aromatic nitrogens is 1. The summed E-state index contributed by atoms with van der Waals surface area (Å²) in [6, 6.07) is 16.0. The molecule has 5 rings (SSSR count). The lowest BCUT2D eigenvalue weighted by Crippen LogP contribution is -2.39. The Bertz CT molecular complexity index is 1780. The number of furan rings is 1. The first-order valence-electron chi connectivity index (χ1n) is 11.7. The monoisotopic (exact) mass is 548 g/mol. The third-order valence-electron chi connectivity index (χ3n) is 6.00. The molecule has 1 atom stereocenters. The van der Waals surface area contributed by atoms with Crippen LogP contribution in [0.4, 0.5) is 0 Å². The van der Waals surface area contributed by atoms with Crippen molar-refractivity contribution in [3.63, 3.8) is 0 Å². The van der Waals surface area contributed by atoms with E-state index in [0.717, 1.165) is 0 Å². The fourth-order valence-corrected chi connectivity index (χ4v) is 5.42. The van der Waals surface area contributed by atoms with Crippen molar-refractivity contribution in [3.05, 3.63) is 114 Å². The number of carboxylic acid groups (broad SMARTS) is 1. The number of halogens is 1. The van der Waals surface area contributed by atoms with Gasteiger partial charge in [0.15, 0.2) is 4.80 Å². The number of thiazole rings is 1. The Kier molecular flexibility index (Phi) is 6.88. The van der Waals surface area contributed by atoms with Gasteiger partial charge in [-0.1, -0.05) is 47.2 Å². The molecular weight excluding hydrogens is 528 g/mol. The maximum atomic E-state index is 13.7. The molecule has 4 aromatic rings. The van der Waals surface area contributed by atoms with Gasteiger partial charge in [-0.05, 0) is 55.8 Å². The first-order valence-corrected chi connectivity index (χ1v) is 12.8. The number of ether oxygens (including phenoxy) is 1. The molecule has 2 aromatic heterocycles. The summed E-state index contributed by atoms with van der Waals surface area (Å²) in [6.07, 6.45) is 1.61. The average molecular weight is 549 g/mol. The third kappa shape index (κ3) is 4.73. The number of rotatable bonds is 6. The maximum Gasteiger partial charge on any atom is 0.338 e. The van der Waals surface area contributed by atoms with E-state index in [1.807, 2.05) is 0 Å². The molecule has 38 heavy (non-hydrogen) atoms. The van der Waals surface area contributed by atoms with Gasteiger partial charge in [-0.15, -0.1) is 0 Å². The number of fused-ring (bicyclic) bond motifs is 1. The van der Waals surface area contributed by atoms with Crippen LogP contribution in [0.15, 0.2) is 86.1 Å². The highest BCUT2D eigenvalue weighted by atomic mass is 35.5. The molecule has 1 aliphatic rings. The molecule has 3 heterocycles. The van der Waals surface area contributed by atoms with Gasteiger partial charge in [0, 0.05) is 16.7 Å². The molecule has 2 aromatic carbocycles. The summed E-state index contributed by atoms with van der Waals surface area (Å²) in [5.74, 6) is -0.698. The molecule has 0 bridgehead atoms. The van der Waals surface area contributed by atoms with Gasteiger partial charge in [-0.3, -0.25) is 9.36 Å². The largest absolute Gasteiger partial charge is 0.478 e. The van der Waals surface area contributed by atoms with Gasteiger partial charge in [-0.25, -0.2) is 14.6 Å². The van der Waals surface area contributed by atoms with E-state index in [-0.39, 0.29) is 23.3 Å². The Hall–Kier alpha value is -4.21. The van der Waals surface area contributed by atoms with Crippen LogP contribution >= 0.6 is 22.9 Å². The summed E-state index contributed by atoms with van der Waals surface area (Å²) >= 11 is 7.27. The summed E-state index contributed by atoms with van der Waals surface area (Å²) in [7, 11) is 0. The molecule has 0 amide bonds. The zero-order chi connectivity index (χ0) is 27.0. The maximum absolute atomic E-state index is 13.7. The van der Waals surface area contributed by atoms with Crippen LogP contribution in [0.5, 0.6) is 0 Å². The minimum absolute atomic E-state index is 0.142. The summed E-state index contributed by atoms with van der Waals surface area (Å²) < 4.78 is 13.1. The second kappa shape index (κ2) is 10.3. The number of carbonyl (C=O) groups excluding carboxylic acids is 1. The standard InChI is InChI=1S/C28H21ClN2O6S/c1-3-36-27(35)23-15(2)30-28-31(24(23)16-7-9-19(29)10-8-16)25(32)22(38-28)14-20-11-12-21(37-20)17-5-4-6-18(13-17)26(33)34/h4-14,24H,3H2,1-2H3,(H,33,34)/b22-14+/t24-/m0/s1. The second-order valence-electron chi connectivity index (χ2n) is 8.44. The van der Waals surface area contributed by atoms with E-state index in [1.165, 1.54) is 28.0 Å². The van der Waals surface area contributed by atoms with Crippen LogP contribution in [-0.2, 0) is 9.53 Å². The number of carbonyl (C=O) groups is 2. The highest BCUT2D eigenvalue weighted by Gasteiger charge is 2.33. The van der Waals surface area contributed by atoms with E-state index in [0.29, 0.717) is 42.7 Å². The van der Waals surface area contributed by atoms with Crippen molar-refractivity contribution in [2.45, 2.75) is 19.9 Å². The van der Waals surface area contributed by atoms with Crippen molar-refractivity contribution in [1.29, 1.82) is 0 Å². The van der Waals surface area contributed by atoms with Crippen molar-refractivity contribution in [2.75, 3.05) is 6.61 Å².